The molecule has 1 aromatic rings. The Morgan fingerprint density at radius 3 is 2.53 bits per heavy atom. The molecular weight excluding hydrogens is 238 g/mol. The van der Waals surface area contributed by atoms with Gasteiger partial charge in [-0.25, -0.2) is 0 Å². The first-order valence-corrected chi connectivity index (χ1v) is 7.42. The van der Waals surface area contributed by atoms with E-state index in [9.17, 15) is 5.11 Å². The zero-order valence-electron chi connectivity index (χ0n) is 12.7. The van der Waals surface area contributed by atoms with Gasteiger partial charge in [-0.1, -0.05) is 32.4 Å². The first-order chi connectivity index (χ1) is 8.85. The van der Waals surface area contributed by atoms with E-state index in [1.807, 2.05) is 13.2 Å². The molecule has 0 radical (unpaired) electrons. The van der Waals surface area contributed by atoms with Crippen molar-refractivity contribution in [3.63, 3.8) is 0 Å². The first kappa shape index (κ1) is 14.5. The van der Waals surface area contributed by atoms with Crippen LogP contribution in [-0.4, -0.2) is 25.7 Å². The Kier molecular flexibility index (Phi) is 4.00. The van der Waals surface area contributed by atoms with Gasteiger partial charge in [0.05, 0.1) is 11.3 Å². The highest BCUT2D eigenvalue weighted by Gasteiger charge is 2.38. The molecule has 2 rings (SSSR count). The van der Waals surface area contributed by atoms with E-state index >= 15 is 0 Å². The predicted molar refractivity (Wildman–Crippen MR) is 75.7 cm³/mol. The highest BCUT2D eigenvalue weighted by atomic mass is 16.3. The highest BCUT2D eigenvalue weighted by Crippen LogP contribution is 2.44. The minimum absolute atomic E-state index is 0.397. The number of hydrogen-bond acceptors (Lipinski definition) is 3. The van der Waals surface area contributed by atoms with Crippen LogP contribution in [-0.2, 0) is 13.5 Å². The Labute approximate surface area is 116 Å². The average molecular weight is 265 g/mol. The molecule has 0 spiro atoms. The van der Waals surface area contributed by atoms with Crippen LogP contribution in [0.1, 0.15) is 58.6 Å². The number of aryl methyl sites for hydroxylation is 1. The van der Waals surface area contributed by atoms with Crippen LogP contribution in [0, 0.1) is 11.3 Å². The molecule has 19 heavy (non-hydrogen) atoms. The van der Waals surface area contributed by atoms with Crippen molar-refractivity contribution in [3.05, 3.63) is 11.9 Å². The van der Waals surface area contributed by atoms with Gasteiger partial charge in [0.2, 0.25) is 0 Å². The number of hydrogen-bond donors (Lipinski definition) is 1. The van der Waals surface area contributed by atoms with E-state index in [1.165, 1.54) is 6.42 Å². The molecule has 0 aromatic carbocycles. The molecule has 0 atom stereocenters. The van der Waals surface area contributed by atoms with Crippen LogP contribution in [0.2, 0.25) is 0 Å². The fourth-order valence-corrected chi connectivity index (χ4v) is 3.22. The van der Waals surface area contributed by atoms with Crippen molar-refractivity contribution >= 4 is 0 Å². The third-order valence-electron chi connectivity index (χ3n) is 5.09. The molecule has 0 aliphatic heterocycles. The summed E-state index contributed by atoms with van der Waals surface area (Å²) < 4.78 is 1.70. The van der Waals surface area contributed by atoms with Crippen molar-refractivity contribution in [3.8, 4) is 0 Å². The van der Waals surface area contributed by atoms with Crippen molar-refractivity contribution in [2.45, 2.75) is 64.9 Å². The number of rotatable bonds is 4. The summed E-state index contributed by atoms with van der Waals surface area (Å²) in [5.74, 6) is 0.736. The minimum atomic E-state index is -0.573. The molecule has 1 aliphatic carbocycles. The SMILES string of the molecule is CCC(C)(C)C1CCC(O)(Cc2cn(C)nn2)CC1. The molecule has 108 valence electrons. The topological polar surface area (TPSA) is 50.9 Å². The van der Waals surface area contributed by atoms with E-state index in [2.05, 4.69) is 31.1 Å². The molecule has 1 N–H and O–H groups in total. The number of nitrogens with zero attached hydrogens (tertiary/aromatic N) is 3. The fourth-order valence-electron chi connectivity index (χ4n) is 3.22. The van der Waals surface area contributed by atoms with E-state index in [0.717, 1.165) is 37.3 Å². The van der Waals surface area contributed by atoms with Crippen molar-refractivity contribution in [2.75, 3.05) is 0 Å². The zero-order valence-corrected chi connectivity index (χ0v) is 12.7. The molecule has 0 amide bonds. The summed E-state index contributed by atoms with van der Waals surface area (Å²) in [7, 11) is 1.86. The lowest BCUT2D eigenvalue weighted by atomic mass is 9.66. The summed E-state index contributed by atoms with van der Waals surface area (Å²) in [5, 5.41) is 18.7. The summed E-state index contributed by atoms with van der Waals surface area (Å²) in [6, 6.07) is 0. The second kappa shape index (κ2) is 5.23. The van der Waals surface area contributed by atoms with Crippen LogP contribution < -0.4 is 0 Å². The van der Waals surface area contributed by atoms with Gasteiger partial charge in [0.1, 0.15) is 0 Å². The zero-order chi connectivity index (χ0) is 14.1. The lowest BCUT2D eigenvalue weighted by molar-refractivity contribution is -0.0282. The molecule has 4 heteroatoms. The monoisotopic (exact) mass is 265 g/mol. The summed E-state index contributed by atoms with van der Waals surface area (Å²) in [5.41, 5.74) is 0.725. The number of aromatic nitrogens is 3. The molecule has 1 heterocycles. The Morgan fingerprint density at radius 1 is 1.42 bits per heavy atom. The Bertz CT molecular complexity index is 417. The number of aliphatic hydroxyl groups is 1. The second-order valence-corrected chi connectivity index (χ2v) is 6.90. The van der Waals surface area contributed by atoms with Crippen LogP contribution in [0.25, 0.3) is 0 Å². The van der Waals surface area contributed by atoms with E-state index in [1.54, 1.807) is 4.68 Å². The van der Waals surface area contributed by atoms with Crippen LogP contribution in [0.3, 0.4) is 0 Å². The van der Waals surface area contributed by atoms with E-state index in [-0.39, 0.29) is 0 Å². The molecule has 1 fully saturated rings. The van der Waals surface area contributed by atoms with Crippen LogP contribution in [0.4, 0.5) is 0 Å². The third kappa shape index (κ3) is 3.35. The molecule has 0 saturated heterocycles. The van der Waals surface area contributed by atoms with E-state index < -0.39 is 5.60 Å². The normalized spacial score (nSPS) is 28.6. The summed E-state index contributed by atoms with van der Waals surface area (Å²) in [6.07, 6.45) is 7.77. The van der Waals surface area contributed by atoms with Gasteiger partial charge in [-0.15, -0.1) is 5.10 Å². The molecule has 0 bridgehead atoms. The van der Waals surface area contributed by atoms with Gasteiger partial charge in [-0.2, -0.15) is 0 Å². The van der Waals surface area contributed by atoms with Crippen LogP contribution in [0.15, 0.2) is 6.20 Å². The molecule has 1 saturated carbocycles. The fraction of sp³-hybridized carbons (Fsp3) is 0.867. The second-order valence-electron chi connectivity index (χ2n) is 6.90. The maximum atomic E-state index is 10.7. The molecule has 1 aliphatic rings. The van der Waals surface area contributed by atoms with Gasteiger partial charge in [0, 0.05) is 19.7 Å². The Morgan fingerprint density at radius 2 is 2.05 bits per heavy atom. The quantitative estimate of drug-likeness (QED) is 0.910. The Balaban J connectivity index is 1.94. The molecule has 1 aromatic heterocycles. The van der Waals surface area contributed by atoms with Crippen LogP contribution in [0.5, 0.6) is 0 Å². The summed E-state index contributed by atoms with van der Waals surface area (Å²) in [4.78, 5) is 0. The first-order valence-electron chi connectivity index (χ1n) is 7.42. The maximum absolute atomic E-state index is 10.7. The molecule has 0 unspecified atom stereocenters. The molecular formula is C15H27N3O. The van der Waals surface area contributed by atoms with Gasteiger partial charge in [0.25, 0.3) is 0 Å². The van der Waals surface area contributed by atoms with Gasteiger partial charge in [0.15, 0.2) is 0 Å². The minimum Gasteiger partial charge on any atom is -0.389 e. The summed E-state index contributed by atoms with van der Waals surface area (Å²) in [6.45, 7) is 6.97. The van der Waals surface area contributed by atoms with Crippen molar-refractivity contribution in [2.24, 2.45) is 18.4 Å². The van der Waals surface area contributed by atoms with Crippen LogP contribution >= 0.6 is 0 Å². The van der Waals surface area contributed by atoms with E-state index in [0.29, 0.717) is 11.8 Å². The van der Waals surface area contributed by atoms with Gasteiger partial charge in [-0.3, -0.25) is 4.68 Å². The highest BCUT2D eigenvalue weighted by molar-refractivity contribution is 5.01. The predicted octanol–water partition coefficient (Wildman–Crippen LogP) is 2.72. The standard InChI is InChI=1S/C15H27N3O/c1-5-14(2,3)12-6-8-15(19,9-7-12)10-13-11-18(4)17-16-13/h11-12,19H,5-10H2,1-4H3. The van der Waals surface area contributed by atoms with Gasteiger partial charge < -0.3 is 5.11 Å². The van der Waals surface area contributed by atoms with Crippen molar-refractivity contribution in [1.82, 2.24) is 15.0 Å². The van der Waals surface area contributed by atoms with Gasteiger partial charge >= 0.3 is 0 Å². The van der Waals surface area contributed by atoms with Gasteiger partial charge in [-0.05, 0) is 37.0 Å². The lowest BCUT2D eigenvalue weighted by Gasteiger charge is -2.42. The maximum Gasteiger partial charge on any atom is 0.0855 e. The largest absolute Gasteiger partial charge is 0.389 e. The smallest absolute Gasteiger partial charge is 0.0855 e. The van der Waals surface area contributed by atoms with Crippen molar-refractivity contribution in [1.29, 1.82) is 0 Å². The Hall–Kier alpha value is -0.900. The van der Waals surface area contributed by atoms with E-state index in [4.69, 9.17) is 0 Å². The third-order valence-corrected chi connectivity index (χ3v) is 5.09. The average Bonchev–Trinajstić information content (AvgIpc) is 2.74. The molecule has 4 nitrogen and oxygen atoms in total. The van der Waals surface area contributed by atoms with Crippen molar-refractivity contribution < 1.29 is 5.11 Å². The summed E-state index contributed by atoms with van der Waals surface area (Å²) >= 11 is 0. The lowest BCUT2D eigenvalue weighted by Crippen LogP contribution is -2.39.